The Bertz CT molecular complexity index is 192. The highest BCUT2D eigenvalue weighted by atomic mass is 16.3. The average molecular weight is 215 g/mol. The summed E-state index contributed by atoms with van der Waals surface area (Å²) in [5.74, 6) is 0.607. The largest absolute Gasteiger partial charge is 0.394 e. The Balaban J connectivity index is 2.85. The molecule has 15 heavy (non-hydrogen) atoms. The minimum atomic E-state index is -0.365. The fraction of sp³-hybridized carbons (Fsp3) is 1.00. The third-order valence-electron chi connectivity index (χ3n) is 4.00. The topological polar surface area (TPSA) is 43.7 Å². The normalized spacial score (nSPS) is 31.0. The molecule has 2 atom stereocenters. The van der Waals surface area contributed by atoms with Crippen molar-refractivity contribution in [2.75, 3.05) is 19.8 Å². The van der Waals surface area contributed by atoms with E-state index >= 15 is 0 Å². The maximum absolute atomic E-state index is 9.54. The zero-order valence-corrected chi connectivity index (χ0v) is 10.2. The Hall–Kier alpha value is -0.120. The first-order valence-electron chi connectivity index (χ1n) is 6.13. The van der Waals surface area contributed by atoms with E-state index in [2.05, 4.69) is 25.7 Å². The van der Waals surface area contributed by atoms with Gasteiger partial charge in [0.1, 0.15) is 0 Å². The third kappa shape index (κ3) is 2.19. The molecule has 1 rings (SSSR count). The summed E-state index contributed by atoms with van der Waals surface area (Å²) >= 11 is 0. The quantitative estimate of drug-likeness (QED) is 0.725. The maximum atomic E-state index is 9.54. The molecule has 0 bridgehead atoms. The summed E-state index contributed by atoms with van der Waals surface area (Å²) in [4.78, 5) is 2.31. The molecule has 3 heteroatoms. The lowest BCUT2D eigenvalue weighted by Crippen LogP contribution is -2.52. The van der Waals surface area contributed by atoms with Crippen molar-refractivity contribution < 1.29 is 10.2 Å². The van der Waals surface area contributed by atoms with E-state index in [4.69, 9.17) is 0 Å². The Morgan fingerprint density at radius 3 is 2.27 bits per heavy atom. The van der Waals surface area contributed by atoms with Crippen LogP contribution in [0.4, 0.5) is 0 Å². The molecule has 1 fully saturated rings. The summed E-state index contributed by atoms with van der Waals surface area (Å²) in [6.07, 6.45) is 3.13. The predicted molar refractivity (Wildman–Crippen MR) is 61.8 cm³/mol. The van der Waals surface area contributed by atoms with Gasteiger partial charge >= 0.3 is 0 Å². The first-order valence-corrected chi connectivity index (χ1v) is 6.13. The fourth-order valence-corrected chi connectivity index (χ4v) is 2.99. The van der Waals surface area contributed by atoms with E-state index in [1.54, 1.807) is 0 Å². The Labute approximate surface area is 93.1 Å². The smallest absolute Gasteiger partial charge is 0.0678 e. The monoisotopic (exact) mass is 215 g/mol. The number of rotatable bonds is 5. The Kier molecular flexibility index (Phi) is 4.56. The van der Waals surface area contributed by atoms with E-state index in [0.717, 1.165) is 25.8 Å². The number of aliphatic hydroxyl groups is 2. The molecule has 0 aliphatic carbocycles. The van der Waals surface area contributed by atoms with E-state index in [-0.39, 0.29) is 18.8 Å². The van der Waals surface area contributed by atoms with Gasteiger partial charge in [0, 0.05) is 6.04 Å². The molecule has 2 N–H and O–H groups in total. The predicted octanol–water partition coefficient (Wildman–Crippen LogP) is 1.24. The lowest BCUT2D eigenvalue weighted by Gasteiger charge is -2.37. The molecule has 0 aromatic rings. The first kappa shape index (κ1) is 12.9. The van der Waals surface area contributed by atoms with Crippen molar-refractivity contribution in [2.45, 2.75) is 51.6 Å². The van der Waals surface area contributed by atoms with Gasteiger partial charge in [-0.1, -0.05) is 20.3 Å². The number of likely N-dealkylation sites (tertiary alicyclic amines) is 1. The molecule has 2 unspecified atom stereocenters. The minimum absolute atomic E-state index is 0.0737. The summed E-state index contributed by atoms with van der Waals surface area (Å²) in [6, 6.07) is 0.481. The van der Waals surface area contributed by atoms with Gasteiger partial charge in [0.05, 0.1) is 18.8 Å². The van der Waals surface area contributed by atoms with Crippen LogP contribution in [0.3, 0.4) is 0 Å². The van der Waals surface area contributed by atoms with Gasteiger partial charge < -0.3 is 10.2 Å². The number of aliphatic hydroxyl groups excluding tert-OH is 2. The van der Waals surface area contributed by atoms with E-state index in [1.165, 1.54) is 0 Å². The highest BCUT2D eigenvalue weighted by molar-refractivity contribution is 5.02. The second-order valence-corrected chi connectivity index (χ2v) is 4.85. The van der Waals surface area contributed by atoms with Crippen LogP contribution in [-0.4, -0.2) is 46.5 Å². The summed E-state index contributed by atoms with van der Waals surface area (Å²) in [5, 5.41) is 19.1. The molecule has 0 saturated carbocycles. The molecule has 3 nitrogen and oxygen atoms in total. The lowest BCUT2D eigenvalue weighted by molar-refractivity contribution is 0.00113. The van der Waals surface area contributed by atoms with Crippen molar-refractivity contribution in [2.24, 2.45) is 5.92 Å². The zero-order chi connectivity index (χ0) is 11.5. The van der Waals surface area contributed by atoms with Gasteiger partial charge in [0.25, 0.3) is 0 Å². The molecule has 1 saturated heterocycles. The number of nitrogens with zero attached hydrogens (tertiary/aromatic N) is 1. The summed E-state index contributed by atoms with van der Waals surface area (Å²) in [5.41, 5.74) is -0.365. The van der Waals surface area contributed by atoms with Crippen molar-refractivity contribution in [3.8, 4) is 0 Å². The SMILES string of the molecule is CCCN1C(C)C(CC)CC1(CO)CO. The van der Waals surface area contributed by atoms with Crippen LogP contribution in [0.25, 0.3) is 0 Å². The molecule has 90 valence electrons. The van der Waals surface area contributed by atoms with Gasteiger partial charge in [0.2, 0.25) is 0 Å². The van der Waals surface area contributed by atoms with Crippen molar-refractivity contribution in [3.05, 3.63) is 0 Å². The van der Waals surface area contributed by atoms with Crippen molar-refractivity contribution in [1.82, 2.24) is 4.90 Å². The first-order chi connectivity index (χ1) is 7.15. The van der Waals surface area contributed by atoms with Crippen molar-refractivity contribution >= 4 is 0 Å². The molecule has 0 aromatic carbocycles. The molecule has 0 radical (unpaired) electrons. The minimum Gasteiger partial charge on any atom is -0.394 e. The Morgan fingerprint density at radius 1 is 1.27 bits per heavy atom. The summed E-state index contributed by atoms with van der Waals surface area (Å²) < 4.78 is 0. The van der Waals surface area contributed by atoms with E-state index in [1.807, 2.05) is 0 Å². The molecule has 1 heterocycles. The van der Waals surface area contributed by atoms with Crippen LogP contribution in [0.5, 0.6) is 0 Å². The van der Waals surface area contributed by atoms with Crippen molar-refractivity contribution in [1.29, 1.82) is 0 Å². The van der Waals surface area contributed by atoms with Gasteiger partial charge in [-0.05, 0) is 32.2 Å². The zero-order valence-electron chi connectivity index (χ0n) is 10.2. The average Bonchev–Trinajstić information content (AvgIpc) is 2.54. The standard InChI is InChI=1S/C12H25NO2/c1-4-6-13-10(3)11(5-2)7-12(13,8-14)9-15/h10-11,14-15H,4-9H2,1-3H3. The van der Waals surface area contributed by atoms with Crippen LogP contribution in [0.2, 0.25) is 0 Å². The molecular formula is C12H25NO2. The highest BCUT2D eigenvalue weighted by Crippen LogP contribution is 2.39. The highest BCUT2D eigenvalue weighted by Gasteiger charge is 2.47. The molecular weight excluding hydrogens is 190 g/mol. The molecule has 1 aliphatic heterocycles. The van der Waals surface area contributed by atoms with Gasteiger partial charge in [0.15, 0.2) is 0 Å². The molecule has 0 amide bonds. The van der Waals surface area contributed by atoms with E-state index in [9.17, 15) is 10.2 Å². The maximum Gasteiger partial charge on any atom is 0.0678 e. The van der Waals surface area contributed by atoms with Gasteiger partial charge in [-0.3, -0.25) is 4.90 Å². The Morgan fingerprint density at radius 2 is 1.87 bits per heavy atom. The van der Waals surface area contributed by atoms with Gasteiger partial charge in [-0.25, -0.2) is 0 Å². The molecule has 0 aromatic heterocycles. The number of hydrogen-bond acceptors (Lipinski definition) is 3. The molecule has 0 spiro atoms. The van der Waals surface area contributed by atoms with Crippen LogP contribution < -0.4 is 0 Å². The number of hydrogen-bond donors (Lipinski definition) is 2. The van der Waals surface area contributed by atoms with Crippen LogP contribution in [-0.2, 0) is 0 Å². The van der Waals surface area contributed by atoms with Gasteiger partial charge in [-0.15, -0.1) is 0 Å². The molecule has 1 aliphatic rings. The van der Waals surface area contributed by atoms with E-state index < -0.39 is 0 Å². The second-order valence-electron chi connectivity index (χ2n) is 4.85. The lowest BCUT2D eigenvalue weighted by atomic mass is 9.91. The summed E-state index contributed by atoms with van der Waals surface area (Å²) in [7, 11) is 0. The van der Waals surface area contributed by atoms with Crippen LogP contribution >= 0.6 is 0 Å². The second kappa shape index (κ2) is 5.28. The van der Waals surface area contributed by atoms with Crippen molar-refractivity contribution in [3.63, 3.8) is 0 Å². The van der Waals surface area contributed by atoms with Gasteiger partial charge in [-0.2, -0.15) is 0 Å². The fourth-order valence-electron chi connectivity index (χ4n) is 2.99. The van der Waals surface area contributed by atoms with Crippen LogP contribution in [0.1, 0.15) is 40.0 Å². The third-order valence-corrected chi connectivity index (χ3v) is 4.00. The summed E-state index contributed by atoms with van der Waals surface area (Å²) in [6.45, 7) is 7.67. The van der Waals surface area contributed by atoms with Crippen LogP contribution in [0.15, 0.2) is 0 Å². The van der Waals surface area contributed by atoms with E-state index in [0.29, 0.717) is 12.0 Å². The van der Waals surface area contributed by atoms with Crippen LogP contribution in [0, 0.1) is 5.92 Å².